The van der Waals surface area contributed by atoms with Gasteiger partial charge in [0.1, 0.15) is 5.76 Å². The van der Waals surface area contributed by atoms with Gasteiger partial charge < -0.3 is 4.52 Å². The molecule has 2 nitrogen and oxygen atoms in total. The zero-order valence-corrected chi connectivity index (χ0v) is 7.22. The minimum atomic E-state index is -0.110. The molecule has 1 rings (SSSR count). The van der Waals surface area contributed by atoms with E-state index in [1.165, 1.54) is 0 Å². The van der Waals surface area contributed by atoms with Crippen molar-refractivity contribution in [3.63, 3.8) is 0 Å². The van der Waals surface area contributed by atoms with E-state index in [-0.39, 0.29) is 5.41 Å². The topological polar surface area (TPSA) is 26.0 Å². The fraction of sp³-hybridized carbons (Fsp3) is 0.444. The highest BCUT2D eigenvalue weighted by atomic mass is 16.5. The minimum Gasteiger partial charge on any atom is -0.360 e. The molecule has 0 N–H and O–H groups in total. The standard InChI is InChI=1S/C9H13NO/c1-5-9(3,4)8-6-7(2)10-11-8/h5-6H,1H2,2-4H3. The monoisotopic (exact) mass is 151 g/mol. The van der Waals surface area contributed by atoms with E-state index in [0.29, 0.717) is 0 Å². The lowest BCUT2D eigenvalue weighted by molar-refractivity contribution is 0.342. The molecule has 0 unspecified atom stereocenters. The molecule has 2 heteroatoms. The second kappa shape index (κ2) is 2.53. The molecule has 0 aliphatic rings. The van der Waals surface area contributed by atoms with E-state index in [1.807, 2.05) is 32.9 Å². The Bertz CT molecular complexity index is 260. The van der Waals surface area contributed by atoms with Crippen LogP contribution in [0.15, 0.2) is 23.2 Å². The maximum atomic E-state index is 5.10. The Labute approximate surface area is 66.9 Å². The number of aryl methyl sites for hydroxylation is 1. The average molecular weight is 151 g/mol. The van der Waals surface area contributed by atoms with E-state index in [2.05, 4.69) is 11.7 Å². The fourth-order valence-electron chi connectivity index (χ4n) is 0.768. The zero-order chi connectivity index (χ0) is 8.48. The van der Waals surface area contributed by atoms with Crippen molar-refractivity contribution in [3.05, 3.63) is 30.2 Å². The van der Waals surface area contributed by atoms with E-state index in [0.717, 1.165) is 11.5 Å². The summed E-state index contributed by atoms with van der Waals surface area (Å²) in [6.45, 7) is 9.72. The van der Waals surface area contributed by atoms with E-state index < -0.39 is 0 Å². The van der Waals surface area contributed by atoms with Gasteiger partial charge in [-0.25, -0.2) is 0 Å². The molecule has 1 heterocycles. The lowest BCUT2D eigenvalue weighted by atomic mass is 9.90. The molecule has 0 amide bonds. The second-order valence-electron chi connectivity index (χ2n) is 3.26. The molecule has 0 aromatic carbocycles. The summed E-state index contributed by atoms with van der Waals surface area (Å²) in [6, 6.07) is 1.93. The molecule has 1 aromatic rings. The van der Waals surface area contributed by atoms with Crippen LogP contribution < -0.4 is 0 Å². The molecular weight excluding hydrogens is 138 g/mol. The van der Waals surface area contributed by atoms with Crippen LogP contribution in [-0.4, -0.2) is 5.16 Å². The molecule has 0 atom stereocenters. The van der Waals surface area contributed by atoms with Gasteiger partial charge in [-0.3, -0.25) is 0 Å². The molecule has 11 heavy (non-hydrogen) atoms. The normalized spacial score (nSPS) is 11.5. The lowest BCUT2D eigenvalue weighted by Crippen LogP contribution is -2.11. The summed E-state index contributed by atoms with van der Waals surface area (Å²) in [6.07, 6.45) is 1.85. The third-order valence-corrected chi connectivity index (χ3v) is 1.77. The summed E-state index contributed by atoms with van der Waals surface area (Å²) in [5.41, 5.74) is 0.802. The van der Waals surface area contributed by atoms with Gasteiger partial charge in [0.05, 0.1) is 5.69 Å². The van der Waals surface area contributed by atoms with Gasteiger partial charge in [-0.2, -0.15) is 0 Å². The van der Waals surface area contributed by atoms with Crippen LogP contribution in [0.1, 0.15) is 25.3 Å². The van der Waals surface area contributed by atoms with Crippen LogP contribution in [0.5, 0.6) is 0 Å². The minimum absolute atomic E-state index is 0.110. The Hall–Kier alpha value is -1.05. The number of allylic oxidation sites excluding steroid dienone is 1. The molecule has 0 spiro atoms. The van der Waals surface area contributed by atoms with E-state index in [9.17, 15) is 0 Å². The summed E-state index contributed by atoms with van der Waals surface area (Å²) in [4.78, 5) is 0. The first-order valence-electron chi connectivity index (χ1n) is 3.63. The first-order chi connectivity index (χ1) is 5.06. The second-order valence-corrected chi connectivity index (χ2v) is 3.26. The first-order valence-corrected chi connectivity index (χ1v) is 3.63. The molecule has 0 fully saturated rings. The lowest BCUT2D eigenvalue weighted by Gasteiger charge is -2.13. The fourth-order valence-corrected chi connectivity index (χ4v) is 0.768. The molecule has 0 radical (unpaired) electrons. The maximum Gasteiger partial charge on any atom is 0.146 e. The van der Waals surface area contributed by atoms with Gasteiger partial charge in [0.2, 0.25) is 0 Å². The van der Waals surface area contributed by atoms with Crippen molar-refractivity contribution in [1.82, 2.24) is 5.16 Å². The van der Waals surface area contributed by atoms with Crippen LogP contribution in [-0.2, 0) is 5.41 Å². The Balaban J connectivity index is 3.01. The van der Waals surface area contributed by atoms with Gasteiger partial charge in [-0.15, -0.1) is 6.58 Å². The molecular formula is C9H13NO. The predicted octanol–water partition coefficient (Wildman–Crippen LogP) is 2.45. The largest absolute Gasteiger partial charge is 0.360 e. The molecule has 0 aliphatic carbocycles. The Morgan fingerprint density at radius 3 is 2.64 bits per heavy atom. The van der Waals surface area contributed by atoms with Crippen molar-refractivity contribution < 1.29 is 4.52 Å². The van der Waals surface area contributed by atoms with Gasteiger partial charge in [-0.1, -0.05) is 11.2 Å². The van der Waals surface area contributed by atoms with Gasteiger partial charge in [0, 0.05) is 11.5 Å². The molecule has 1 aromatic heterocycles. The van der Waals surface area contributed by atoms with Crippen LogP contribution in [0.4, 0.5) is 0 Å². The number of aromatic nitrogens is 1. The van der Waals surface area contributed by atoms with Crippen molar-refractivity contribution in [2.24, 2.45) is 0 Å². The molecule has 0 aliphatic heterocycles. The van der Waals surface area contributed by atoms with Crippen LogP contribution in [0.3, 0.4) is 0 Å². The van der Waals surface area contributed by atoms with Crippen molar-refractivity contribution >= 4 is 0 Å². The molecule has 60 valence electrons. The molecule has 0 bridgehead atoms. The van der Waals surface area contributed by atoms with E-state index in [4.69, 9.17) is 4.52 Å². The summed E-state index contributed by atoms with van der Waals surface area (Å²) < 4.78 is 5.10. The van der Waals surface area contributed by atoms with Crippen LogP contribution in [0.2, 0.25) is 0 Å². The van der Waals surface area contributed by atoms with Gasteiger partial charge in [0.15, 0.2) is 0 Å². The highest BCUT2D eigenvalue weighted by Gasteiger charge is 2.20. The van der Waals surface area contributed by atoms with Crippen LogP contribution in [0.25, 0.3) is 0 Å². The Morgan fingerprint density at radius 1 is 1.64 bits per heavy atom. The number of hydrogen-bond donors (Lipinski definition) is 0. The summed E-state index contributed by atoms with van der Waals surface area (Å²) >= 11 is 0. The smallest absolute Gasteiger partial charge is 0.146 e. The zero-order valence-electron chi connectivity index (χ0n) is 7.22. The van der Waals surface area contributed by atoms with Crippen molar-refractivity contribution in [2.75, 3.05) is 0 Å². The van der Waals surface area contributed by atoms with Gasteiger partial charge >= 0.3 is 0 Å². The maximum absolute atomic E-state index is 5.10. The SMILES string of the molecule is C=CC(C)(C)c1cc(C)no1. The summed E-state index contributed by atoms with van der Waals surface area (Å²) in [5, 5.41) is 3.81. The number of rotatable bonds is 2. The molecule has 0 saturated carbocycles. The van der Waals surface area contributed by atoms with Crippen LogP contribution >= 0.6 is 0 Å². The van der Waals surface area contributed by atoms with Gasteiger partial charge in [0.25, 0.3) is 0 Å². The van der Waals surface area contributed by atoms with E-state index >= 15 is 0 Å². The Kier molecular flexibility index (Phi) is 1.85. The van der Waals surface area contributed by atoms with E-state index in [1.54, 1.807) is 0 Å². The summed E-state index contributed by atoms with van der Waals surface area (Å²) in [5.74, 6) is 0.866. The third kappa shape index (κ3) is 1.50. The average Bonchev–Trinajstić information content (AvgIpc) is 2.36. The first kappa shape index (κ1) is 8.05. The highest BCUT2D eigenvalue weighted by molar-refractivity contribution is 5.18. The van der Waals surface area contributed by atoms with Crippen molar-refractivity contribution in [1.29, 1.82) is 0 Å². The molecule has 0 saturated heterocycles. The number of nitrogens with zero attached hydrogens (tertiary/aromatic N) is 1. The van der Waals surface area contributed by atoms with Crippen LogP contribution in [0, 0.1) is 6.92 Å². The number of hydrogen-bond acceptors (Lipinski definition) is 2. The van der Waals surface area contributed by atoms with Gasteiger partial charge in [-0.05, 0) is 20.8 Å². The highest BCUT2D eigenvalue weighted by Crippen LogP contribution is 2.24. The summed E-state index contributed by atoms with van der Waals surface area (Å²) in [7, 11) is 0. The van der Waals surface area contributed by atoms with Crippen molar-refractivity contribution in [3.8, 4) is 0 Å². The quantitative estimate of drug-likeness (QED) is 0.607. The Morgan fingerprint density at radius 2 is 2.27 bits per heavy atom. The predicted molar refractivity (Wildman–Crippen MR) is 44.5 cm³/mol. The van der Waals surface area contributed by atoms with Crippen molar-refractivity contribution in [2.45, 2.75) is 26.2 Å². The third-order valence-electron chi connectivity index (χ3n) is 1.77.